The molecule has 266 valence electrons. The Bertz CT molecular complexity index is 3090. The molecule has 0 saturated heterocycles. The van der Waals surface area contributed by atoms with Crippen molar-refractivity contribution in [1.82, 2.24) is 24.9 Å². The van der Waals surface area contributed by atoms with Gasteiger partial charge in [0.2, 0.25) is 0 Å². The van der Waals surface area contributed by atoms with Gasteiger partial charge in [-0.2, -0.15) is 0 Å². The van der Waals surface area contributed by atoms with Crippen molar-refractivity contribution < 1.29 is 0 Å². The summed E-state index contributed by atoms with van der Waals surface area (Å²) in [6, 6.07) is 45.3. The third-order valence-corrected chi connectivity index (χ3v) is 12.3. The van der Waals surface area contributed by atoms with E-state index in [1.54, 1.807) is 0 Å². The fourth-order valence-corrected chi connectivity index (χ4v) is 9.26. The third kappa shape index (κ3) is 4.77. The molecule has 2 aliphatic carbocycles. The monoisotopic (exact) mass is 719 g/mol. The van der Waals surface area contributed by atoms with Crippen LogP contribution >= 0.6 is 0 Å². The van der Waals surface area contributed by atoms with Crippen molar-refractivity contribution >= 4 is 21.7 Å². The highest BCUT2D eigenvalue weighted by Gasteiger charge is 2.42. The van der Waals surface area contributed by atoms with Crippen molar-refractivity contribution in [3.05, 3.63) is 174 Å². The van der Waals surface area contributed by atoms with Gasteiger partial charge in [-0.15, -0.1) is 0 Å². The molecular weight excluding hydrogens is 683 g/mol. The van der Waals surface area contributed by atoms with Crippen LogP contribution in [0.25, 0.3) is 89.1 Å². The molecule has 2 aliphatic rings. The standard InChI is InChI=1S/C51H37N5/c1-50(2)40-16-10-20-54-48(40)38-27-42-39(28-41(38)50)49-43(51(42,3)4)23-33(29-55-49)45-25-32(36-19-22-52-44-17-8-7-14-37(36)44)26-47(56-45)46-24-31(18-21-53-46)35-15-9-12-30-11-5-6-13-34(30)35/h5-29H,1-4H3. The number of para-hydroxylation sites is 1. The van der Waals surface area contributed by atoms with Crippen molar-refractivity contribution in [2.75, 3.05) is 0 Å². The molecule has 0 amide bonds. The molecule has 9 aromatic rings. The van der Waals surface area contributed by atoms with Gasteiger partial charge in [0.25, 0.3) is 0 Å². The number of rotatable bonds is 4. The second kappa shape index (κ2) is 11.8. The first-order chi connectivity index (χ1) is 27.3. The van der Waals surface area contributed by atoms with E-state index in [1.807, 2.05) is 36.9 Å². The summed E-state index contributed by atoms with van der Waals surface area (Å²) in [5.74, 6) is 0. The molecule has 0 radical (unpaired) electrons. The molecule has 4 aromatic carbocycles. The Morgan fingerprint density at radius 3 is 1.93 bits per heavy atom. The van der Waals surface area contributed by atoms with Crippen molar-refractivity contribution in [2.24, 2.45) is 0 Å². The maximum atomic E-state index is 5.37. The molecule has 5 heterocycles. The lowest BCUT2D eigenvalue weighted by atomic mass is 9.79. The molecule has 5 aromatic heterocycles. The van der Waals surface area contributed by atoms with Crippen molar-refractivity contribution in [3.63, 3.8) is 0 Å². The van der Waals surface area contributed by atoms with E-state index in [2.05, 4.69) is 148 Å². The highest BCUT2D eigenvalue weighted by Crippen LogP contribution is 2.55. The van der Waals surface area contributed by atoms with Crippen LogP contribution in [0.5, 0.6) is 0 Å². The van der Waals surface area contributed by atoms with E-state index in [-0.39, 0.29) is 10.8 Å². The van der Waals surface area contributed by atoms with Crippen LogP contribution in [-0.4, -0.2) is 24.9 Å². The first-order valence-electron chi connectivity index (χ1n) is 19.2. The fraction of sp³-hybridized carbons (Fsp3) is 0.118. The topological polar surface area (TPSA) is 64.5 Å². The maximum Gasteiger partial charge on any atom is 0.0900 e. The number of hydrogen-bond acceptors (Lipinski definition) is 5. The minimum Gasteiger partial charge on any atom is -0.256 e. The average Bonchev–Trinajstić information content (AvgIpc) is 3.61. The molecule has 0 N–H and O–H groups in total. The van der Waals surface area contributed by atoms with Gasteiger partial charge in [0.05, 0.1) is 34.0 Å². The lowest BCUT2D eigenvalue weighted by Gasteiger charge is -2.24. The van der Waals surface area contributed by atoms with Crippen LogP contribution in [-0.2, 0) is 10.8 Å². The summed E-state index contributed by atoms with van der Waals surface area (Å²) >= 11 is 0. The van der Waals surface area contributed by atoms with Gasteiger partial charge < -0.3 is 0 Å². The summed E-state index contributed by atoms with van der Waals surface area (Å²) in [5.41, 5.74) is 18.0. The first kappa shape index (κ1) is 32.6. The number of aromatic nitrogens is 5. The van der Waals surface area contributed by atoms with Gasteiger partial charge in [0.15, 0.2) is 0 Å². The predicted octanol–water partition coefficient (Wildman–Crippen LogP) is 12.2. The number of pyridine rings is 5. The Morgan fingerprint density at radius 2 is 1.07 bits per heavy atom. The fourth-order valence-electron chi connectivity index (χ4n) is 9.26. The highest BCUT2D eigenvalue weighted by molar-refractivity contribution is 5.98. The minimum atomic E-state index is -0.277. The number of fused-ring (bicyclic) bond motifs is 8. The summed E-state index contributed by atoms with van der Waals surface area (Å²) in [6.45, 7) is 9.24. The third-order valence-electron chi connectivity index (χ3n) is 12.3. The Morgan fingerprint density at radius 1 is 0.393 bits per heavy atom. The quantitative estimate of drug-likeness (QED) is 0.181. The van der Waals surface area contributed by atoms with Gasteiger partial charge >= 0.3 is 0 Å². The largest absolute Gasteiger partial charge is 0.256 e. The SMILES string of the molecule is CC1(C)c2cc3c(cc2-c2ncccc21)C(C)(C)c1cc(-c2cc(-c4ccnc5ccccc45)cc(-c4cc(-c5cccc6ccccc56)ccn4)n2)cnc1-3. The molecule has 0 unspecified atom stereocenters. The van der Waals surface area contributed by atoms with Crippen LogP contribution in [0.15, 0.2) is 152 Å². The molecule has 0 spiro atoms. The summed E-state index contributed by atoms with van der Waals surface area (Å²) in [4.78, 5) is 25.1. The van der Waals surface area contributed by atoms with E-state index in [9.17, 15) is 0 Å². The summed E-state index contributed by atoms with van der Waals surface area (Å²) < 4.78 is 0. The van der Waals surface area contributed by atoms with Gasteiger partial charge in [-0.1, -0.05) is 94.4 Å². The van der Waals surface area contributed by atoms with E-state index in [0.29, 0.717) is 0 Å². The Balaban J connectivity index is 1.08. The molecule has 0 bridgehead atoms. The normalized spacial score (nSPS) is 14.4. The zero-order valence-corrected chi connectivity index (χ0v) is 31.7. The minimum absolute atomic E-state index is 0.141. The predicted molar refractivity (Wildman–Crippen MR) is 227 cm³/mol. The zero-order valence-electron chi connectivity index (χ0n) is 31.7. The molecule has 56 heavy (non-hydrogen) atoms. The summed E-state index contributed by atoms with van der Waals surface area (Å²) in [5, 5.41) is 3.51. The number of hydrogen-bond donors (Lipinski definition) is 0. The Labute approximate surface area is 325 Å². The van der Waals surface area contributed by atoms with Gasteiger partial charge in [0.1, 0.15) is 0 Å². The summed E-state index contributed by atoms with van der Waals surface area (Å²) in [7, 11) is 0. The van der Waals surface area contributed by atoms with E-state index in [0.717, 1.165) is 61.6 Å². The Kier molecular flexibility index (Phi) is 6.88. The smallest absolute Gasteiger partial charge is 0.0900 e. The van der Waals surface area contributed by atoms with E-state index < -0.39 is 0 Å². The van der Waals surface area contributed by atoms with Crippen LogP contribution in [0, 0.1) is 0 Å². The van der Waals surface area contributed by atoms with E-state index in [1.165, 1.54) is 49.7 Å². The zero-order chi connectivity index (χ0) is 37.8. The van der Waals surface area contributed by atoms with Crippen LogP contribution in [0.3, 0.4) is 0 Å². The molecule has 0 fully saturated rings. The van der Waals surface area contributed by atoms with Gasteiger partial charge in [-0.3, -0.25) is 19.9 Å². The van der Waals surface area contributed by atoms with Crippen molar-refractivity contribution in [3.8, 4) is 67.4 Å². The van der Waals surface area contributed by atoms with Gasteiger partial charge in [-0.25, -0.2) is 4.98 Å². The van der Waals surface area contributed by atoms with Crippen LogP contribution in [0.2, 0.25) is 0 Å². The lowest BCUT2D eigenvalue weighted by molar-refractivity contribution is 0.651. The van der Waals surface area contributed by atoms with Gasteiger partial charge in [0, 0.05) is 57.7 Å². The summed E-state index contributed by atoms with van der Waals surface area (Å²) in [6.07, 6.45) is 7.69. The average molecular weight is 720 g/mol. The maximum absolute atomic E-state index is 5.37. The molecule has 0 saturated carbocycles. The van der Waals surface area contributed by atoms with Crippen LogP contribution in [0.1, 0.15) is 49.9 Å². The molecule has 0 aliphatic heterocycles. The number of nitrogens with zero attached hydrogens (tertiary/aromatic N) is 5. The molecule has 5 heteroatoms. The van der Waals surface area contributed by atoms with E-state index >= 15 is 0 Å². The van der Waals surface area contributed by atoms with Crippen LogP contribution < -0.4 is 0 Å². The van der Waals surface area contributed by atoms with E-state index in [4.69, 9.17) is 19.9 Å². The molecule has 5 nitrogen and oxygen atoms in total. The highest BCUT2D eigenvalue weighted by atomic mass is 14.8. The molecular formula is C51H37N5. The number of benzene rings is 4. The van der Waals surface area contributed by atoms with Crippen molar-refractivity contribution in [1.29, 1.82) is 0 Å². The van der Waals surface area contributed by atoms with Crippen molar-refractivity contribution in [2.45, 2.75) is 38.5 Å². The first-order valence-corrected chi connectivity index (χ1v) is 19.2. The Hall–Kier alpha value is -6.85. The lowest BCUT2D eigenvalue weighted by Crippen LogP contribution is -2.17. The van der Waals surface area contributed by atoms with Gasteiger partial charge in [-0.05, 0) is 116 Å². The van der Waals surface area contributed by atoms with Crippen LogP contribution in [0.4, 0.5) is 0 Å². The second-order valence-corrected chi connectivity index (χ2v) is 16.2. The molecule has 0 atom stereocenters. The second-order valence-electron chi connectivity index (χ2n) is 16.2. The molecule has 11 rings (SSSR count).